The summed E-state index contributed by atoms with van der Waals surface area (Å²) < 4.78 is 33.5. The van der Waals surface area contributed by atoms with Crippen molar-refractivity contribution >= 4 is 21.6 Å². The summed E-state index contributed by atoms with van der Waals surface area (Å²) in [4.78, 5) is 14.8. The van der Waals surface area contributed by atoms with Gasteiger partial charge in [0.2, 0.25) is 0 Å². The molecule has 136 valence electrons. The van der Waals surface area contributed by atoms with Crippen LogP contribution in [0.15, 0.2) is 59.5 Å². The maximum absolute atomic E-state index is 13.2. The van der Waals surface area contributed by atoms with Gasteiger partial charge in [-0.3, -0.25) is 9.10 Å². The number of nitrogens with zero attached hydrogens (tertiary/aromatic N) is 2. The van der Waals surface area contributed by atoms with Crippen molar-refractivity contribution in [3.05, 3.63) is 54.6 Å². The second-order valence-electron chi connectivity index (χ2n) is 6.46. The standard InChI is InChI=1S/C19H20N2O4S/c22-19(20-12-6-7-13-20)18-14-21(16-10-4-5-11-17(16)25-18)26(23,24)15-8-2-1-3-9-15/h1-5,8-11,18H,6-7,12-14H2. The van der Waals surface area contributed by atoms with Crippen LogP contribution in [0.3, 0.4) is 0 Å². The van der Waals surface area contributed by atoms with Crippen molar-refractivity contribution < 1.29 is 17.9 Å². The highest BCUT2D eigenvalue weighted by Gasteiger charge is 2.39. The minimum atomic E-state index is -3.78. The number of carbonyl (C=O) groups excluding carboxylic acids is 1. The van der Waals surface area contributed by atoms with E-state index in [0.29, 0.717) is 24.5 Å². The van der Waals surface area contributed by atoms with Crippen LogP contribution in [0, 0.1) is 0 Å². The fourth-order valence-corrected chi connectivity index (χ4v) is 4.92. The molecule has 6 nitrogen and oxygen atoms in total. The van der Waals surface area contributed by atoms with Gasteiger partial charge in [-0.25, -0.2) is 8.42 Å². The van der Waals surface area contributed by atoms with Gasteiger partial charge in [0, 0.05) is 13.1 Å². The van der Waals surface area contributed by atoms with Crippen molar-refractivity contribution in [2.45, 2.75) is 23.8 Å². The molecule has 0 aromatic heterocycles. The first kappa shape index (κ1) is 16.9. The number of hydrogen-bond acceptors (Lipinski definition) is 4. The zero-order valence-corrected chi connectivity index (χ0v) is 15.1. The van der Waals surface area contributed by atoms with Crippen molar-refractivity contribution in [2.75, 3.05) is 23.9 Å². The highest BCUT2D eigenvalue weighted by atomic mass is 32.2. The molecule has 0 N–H and O–H groups in total. The second-order valence-corrected chi connectivity index (χ2v) is 8.32. The van der Waals surface area contributed by atoms with Gasteiger partial charge in [0.15, 0.2) is 6.10 Å². The predicted octanol–water partition coefficient (Wildman–Crippen LogP) is 2.27. The van der Waals surface area contributed by atoms with E-state index in [1.165, 1.54) is 4.31 Å². The number of sulfonamides is 1. The zero-order chi connectivity index (χ0) is 18.1. The molecule has 2 aliphatic heterocycles. The number of anilines is 1. The van der Waals surface area contributed by atoms with E-state index in [9.17, 15) is 13.2 Å². The molecule has 1 atom stereocenters. The molecule has 7 heteroatoms. The lowest BCUT2D eigenvalue weighted by molar-refractivity contribution is -0.137. The Labute approximate surface area is 153 Å². The molecule has 1 saturated heterocycles. The number of ether oxygens (including phenoxy) is 1. The third-order valence-corrected chi connectivity index (χ3v) is 6.55. The van der Waals surface area contributed by atoms with Crippen molar-refractivity contribution in [1.82, 2.24) is 4.90 Å². The Balaban J connectivity index is 1.72. The first-order chi connectivity index (χ1) is 12.6. The minimum Gasteiger partial charge on any atom is -0.476 e. The number of benzene rings is 2. The number of carbonyl (C=O) groups is 1. The van der Waals surface area contributed by atoms with Crippen LogP contribution in [0.25, 0.3) is 0 Å². The number of fused-ring (bicyclic) bond motifs is 1. The van der Waals surface area contributed by atoms with E-state index >= 15 is 0 Å². The molecule has 2 aromatic rings. The summed E-state index contributed by atoms with van der Waals surface area (Å²) in [5, 5.41) is 0. The molecule has 4 rings (SSSR count). The van der Waals surface area contributed by atoms with Crippen molar-refractivity contribution in [2.24, 2.45) is 0 Å². The van der Waals surface area contributed by atoms with Crippen LogP contribution >= 0.6 is 0 Å². The van der Waals surface area contributed by atoms with E-state index in [2.05, 4.69) is 0 Å². The maximum atomic E-state index is 13.2. The molecule has 1 amide bonds. The SMILES string of the molecule is O=C(C1CN(S(=O)(=O)c2ccccc2)c2ccccc2O1)N1CCCC1. The molecule has 2 heterocycles. The molecule has 0 spiro atoms. The average Bonchev–Trinajstić information content (AvgIpc) is 3.22. The Hall–Kier alpha value is -2.54. The van der Waals surface area contributed by atoms with Crippen LogP contribution in [0.1, 0.15) is 12.8 Å². The van der Waals surface area contributed by atoms with E-state index < -0.39 is 16.1 Å². The Morgan fingerprint density at radius 3 is 2.35 bits per heavy atom. The summed E-state index contributed by atoms with van der Waals surface area (Å²) in [7, 11) is -3.78. The van der Waals surface area contributed by atoms with Crippen LogP contribution in [-0.4, -0.2) is 45.0 Å². The number of para-hydroxylation sites is 2. The lowest BCUT2D eigenvalue weighted by atomic mass is 10.2. The van der Waals surface area contributed by atoms with Gasteiger partial charge < -0.3 is 9.64 Å². The molecular weight excluding hydrogens is 352 g/mol. The average molecular weight is 372 g/mol. The fourth-order valence-electron chi connectivity index (χ4n) is 3.42. The van der Waals surface area contributed by atoms with Gasteiger partial charge >= 0.3 is 0 Å². The maximum Gasteiger partial charge on any atom is 0.265 e. The fraction of sp³-hybridized carbons (Fsp3) is 0.316. The van der Waals surface area contributed by atoms with Crippen molar-refractivity contribution in [3.8, 4) is 5.75 Å². The van der Waals surface area contributed by atoms with E-state index in [1.807, 2.05) is 0 Å². The van der Waals surface area contributed by atoms with Gasteiger partial charge in [0.1, 0.15) is 5.75 Å². The summed E-state index contributed by atoms with van der Waals surface area (Å²) in [5.41, 5.74) is 0.460. The number of likely N-dealkylation sites (tertiary alicyclic amines) is 1. The molecular formula is C19H20N2O4S. The number of amides is 1. The Kier molecular flexibility index (Phi) is 4.32. The molecule has 0 saturated carbocycles. The van der Waals surface area contributed by atoms with Gasteiger partial charge in [-0.2, -0.15) is 0 Å². The minimum absolute atomic E-state index is 0.0242. The smallest absolute Gasteiger partial charge is 0.265 e. The molecule has 1 fully saturated rings. The number of rotatable bonds is 3. The third kappa shape index (κ3) is 2.92. The molecule has 0 aliphatic carbocycles. The van der Waals surface area contributed by atoms with E-state index in [1.54, 1.807) is 59.5 Å². The molecule has 1 unspecified atom stereocenters. The van der Waals surface area contributed by atoms with Crippen LogP contribution in [0.5, 0.6) is 5.75 Å². The highest BCUT2D eigenvalue weighted by Crippen LogP contribution is 2.37. The lowest BCUT2D eigenvalue weighted by Gasteiger charge is -2.36. The summed E-state index contributed by atoms with van der Waals surface area (Å²) in [6.45, 7) is 1.38. The first-order valence-electron chi connectivity index (χ1n) is 8.69. The van der Waals surface area contributed by atoms with Gasteiger partial charge in [-0.1, -0.05) is 30.3 Å². The third-order valence-electron chi connectivity index (χ3n) is 4.76. The number of hydrogen-bond donors (Lipinski definition) is 0. The Morgan fingerprint density at radius 2 is 1.62 bits per heavy atom. The van der Waals surface area contributed by atoms with Crippen LogP contribution in [0.4, 0.5) is 5.69 Å². The Bertz CT molecular complexity index is 908. The second kappa shape index (κ2) is 6.64. The summed E-state index contributed by atoms with van der Waals surface area (Å²) in [6.07, 6.45) is 1.11. The molecule has 2 aliphatic rings. The van der Waals surface area contributed by atoms with Crippen LogP contribution < -0.4 is 9.04 Å². The van der Waals surface area contributed by atoms with Crippen LogP contribution in [0.2, 0.25) is 0 Å². The first-order valence-corrected chi connectivity index (χ1v) is 10.1. The molecule has 26 heavy (non-hydrogen) atoms. The topological polar surface area (TPSA) is 66.9 Å². The molecule has 2 aromatic carbocycles. The summed E-state index contributed by atoms with van der Waals surface area (Å²) in [6, 6.07) is 15.2. The normalized spacial score (nSPS) is 19.8. The van der Waals surface area contributed by atoms with E-state index in [-0.39, 0.29) is 17.3 Å². The molecule has 0 radical (unpaired) electrons. The Morgan fingerprint density at radius 1 is 0.962 bits per heavy atom. The van der Waals surface area contributed by atoms with Gasteiger partial charge in [-0.05, 0) is 37.1 Å². The van der Waals surface area contributed by atoms with Gasteiger partial charge in [0.05, 0.1) is 17.1 Å². The monoisotopic (exact) mass is 372 g/mol. The van der Waals surface area contributed by atoms with Crippen molar-refractivity contribution in [1.29, 1.82) is 0 Å². The van der Waals surface area contributed by atoms with E-state index in [4.69, 9.17) is 4.74 Å². The lowest BCUT2D eigenvalue weighted by Crippen LogP contribution is -2.51. The van der Waals surface area contributed by atoms with Crippen LogP contribution in [-0.2, 0) is 14.8 Å². The largest absolute Gasteiger partial charge is 0.476 e. The quantitative estimate of drug-likeness (QED) is 0.829. The summed E-state index contributed by atoms with van der Waals surface area (Å²) in [5.74, 6) is 0.265. The summed E-state index contributed by atoms with van der Waals surface area (Å²) >= 11 is 0. The van der Waals surface area contributed by atoms with Gasteiger partial charge in [-0.15, -0.1) is 0 Å². The van der Waals surface area contributed by atoms with E-state index in [0.717, 1.165) is 12.8 Å². The molecule has 0 bridgehead atoms. The highest BCUT2D eigenvalue weighted by molar-refractivity contribution is 7.92. The predicted molar refractivity (Wildman–Crippen MR) is 97.6 cm³/mol. The van der Waals surface area contributed by atoms with Gasteiger partial charge in [0.25, 0.3) is 15.9 Å². The zero-order valence-electron chi connectivity index (χ0n) is 14.2. The van der Waals surface area contributed by atoms with Crippen molar-refractivity contribution in [3.63, 3.8) is 0 Å².